The first-order valence-corrected chi connectivity index (χ1v) is 10.0. The zero-order chi connectivity index (χ0) is 19.9. The predicted octanol–water partition coefficient (Wildman–Crippen LogP) is 8.05. The van der Waals surface area contributed by atoms with Crippen LogP contribution in [0.25, 0.3) is 44.9 Å². The topological polar surface area (TPSA) is 22.4 Å². The van der Waals surface area contributed by atoms with Crippen molar-refractivity contribution in [2.45, 2.75) is 0 Å². The summed E-state index contributed by atoms with van der Waals surface area (Å²) in [6.07, 6.45) is 0. The molecule has 2 nitrogen and oxygen atoms in total. The molecule has 1 aromatic heterocycles. The molecule has 30 heavy (non-hydrogen) atoms. The number of hydrogen-bond acceptors (Lipinski definition) is 2. The zero-order valence-corrected chi connectivity index (χ0v) is 16.2. The van der Waals surface area contributed by atoms with Crippen molar-refractivity contribution < 1.29 is 9.15 Å². The summed E-state index contributed by atoms with van der Waals surface area (Å²) < 4.78 is 12.5. The fraction of sp³-hybridized carbons (Fsp3) is 0. The van der Waals surface area contributed by atoms with Crippen LogP contribution in [0.15, 0.2) is 114 Å². The molecule has 0 atom stereocenters. The van der Waals surface area contributed by atoms with Crippen LogP contribution < -0.4 is 4.74 Å². The van der Waals surface area contributed by atoms with Crippen LogP contribution in [0.2, 0.25) is 0 Å². The van der Waals surface area contributed by atoms with Crippen LogP contribution in [0.1, 0.15) is 0 Å². The third-order valence-electron chi connectivity index (χ3n) is 5.54. The molecule has 2 heterocycles. The Morgan fingerprint density at radius 1 is 0.400 bits per heavy atom. The molecule has 0 aliphatic carbocycles. The van der Waals surface area contributed by atoms with Gasteiger partial charge < -0.3 is 9.15 Å². The summed E-state index contributed by atoms with van der Waals surface area (Å²) in [7, 11) is 0. The van der Waals surface area contributed by atoms with Gasteiger partial charge in [-0.15, -0.1) is 0 Å². The molecular weight excluding hydrogens is 368 g/mol. The Balaban J connectivity index is 1.49. The minimum Gasteiger partial charge on any atom is -0.456 e. The summed E-state index contributed by atoms with van der Waals surface area (Å²) in [5.41, 5.74) is 6.61. The number of hydrogen-bond donors (Lipinski definition) is 0. The van der Waals surface area contributed by atoms with Gasteiger partial charge in [0.25, 0.3) is 0 Å². The maximum Gasteiger partial charge on any atom is 0.135 e. The summed E-state index contributed by atoms with van der Waals surface area (Å²) >= 11 is 0. The SMILES string of the molecule is c1ccc(-c2ccc(-c3ccc4c(c3)-c3ccccc3-c3ccccc3O4)o2)cc1. The Bertz CT molecular complexity index is 1360. The fourth-order valence-electron chi connectivity index (χ4n) is 4.08. The molecule has 0 bridgehead atoms. The largest absolute Gasteiger partial charge is 0.456 e. The van der Waals surface area contributed by atoms with Gasteiger partial charge in [0, 0.05) is 22.3 Å². The highest BCUT2D eigenvalue weighted by Gasteiger charge is 2.21. The highest BCUT2D eigenvalue weighted by molar-refractivity contribution is 5.91. The highest BCUT2D eigenvalue weighted by Crippen LogP contribution is 2.47. The van der Waals surface area contributed by atoms with Crippen molar-refractivity contribution in [3.05, 3.63) is 109 Å². The summed E-state index contributed by atoms with van der Waals surface area (Å²) in [6.45, 7) is 0. The van der Waals surface area contributed by atoms with Crippen molar-refractivity contribution in [3.63, 3.8) is 0 Å². The Kier molecular flexibility index (Phi) is 3.82. The normalized spacial score (nSPS) is 11.6. The first-order valence-electron chi connectivity index (χ1n) is 10.0. The minimum absolute atomic E-state index is 0.843. The van der Waals surface area contributed by atoms with Gasteiger partial charge in [0.05, 0.1) is 0 Å². The molecule has 1 aliphatic rings. The van der Waals surface area contributed by atoms with Crippen molar-refractivity contribution in [1.29, 1.82) is 0 Å². The van der Waals surface area contributed by atoms with Gasteiger partial charge in [-0.3, -0.25) is 0 Å². The standard InChI is InChI=1S/C28H18O2/c1-2-8-19(9-3-1)25-16-17-26(29-25)20-14-15-28-24(18-20)22-11-5-4-10-21(22)23-12-6-7-13-27(23)30-28/h1-18H. The number of benzene rings is 4. The van der Waals surface area contributed by atoms with Crippen molar-refractivity contribution in [3.8, 4) is 56.4 Å². The van der Waals surface area contributed by atoms with E-state index in [-0.39, 0.29) is 0 Å². The van der Waals surface area contributed by atoms with Crippen LogP contribution in [-0.4, -0.2) is 0 Å². The monoisotopic (exact) mass is 386 g/mol. The lowest BCUT2D eigenvalue weighted by Crippen LogP contribution is -1.87. The number of para-hydroxylation sites is 1. The van der Waals surface area contributed by atoms with E-state index in [4.69, 9.17) is 9.15 Å². The first-order chi connectivity index (χ1) is 14.9. The van der Waals surface area contributed by atoms with Gasteiger partial charge in [-0.05, 0) is 47.5 Å². The minimum atomic E-state index is 0.843. The molecule has 0 radical (unpaired) electrons. The molecule has 142 valence electrons. The average molecular weight is 386 g/mol. The lowest BCUT2D eigenvalue weighted by atomic mass is 9.93. The Hall–Kier alpha value is -4.04. The maximum absolute atomic E-state index is 6.32. The van der Waals surface area contributed by atoms with E-state index in [1.54, 1.807) is 0 Å². The molecule has 0 unspecified atom stereocenters. The number of rotatable bonds is 2. The van der Waals surface area contributed by atoms with E-state index in [0.717, 1.165) is 50.8 Å². The van der Waals surface area contributed by atoms with Gasteiger partial charge in [-0.2, -0.15) is 0 Å². The van der Waals surface area contributed by atoms with Crippen molar-refractivity contribution in [2.24, 2.45) is 0 Å². The second-order valence-electron chi connectivity index (χ2n) is 7.38. The van der Waals surface area contributed by atoms with E-state index in [9.17, 15) is 0 Å². The van der Waals surface area contributed by atoms with Crippen molar-refractivity contribution in [2.75, 3.05) is 0 Å². The summed E-state index contributed by atoms with van der Waals surface area (Å²) in [5, 5.41) is 0. The van der Waals surface area contributed by atoms with E-state index >= 15 is 0 Å². The highest BCUT2D eigenvalue weighted by atomic mass is 16.5. The van der Waals surface area contributed by atoms with Gasteiger partial charge in [0.1, 0.15) is 23.0 Å². The van der Waals surface area contributed by atoms with Crippen LogP contribution in [0.5, 0.6) is 11.5 Å². The van der Waals surface area contributed by atoms with Gasteiger partial charge in [-0.1, -0.05) is 72.8 Å². The van der Waals surface area contributed by atoms with Gasteiger partial charge >= 0.3 is 0 Å². The third-order valence-corrected chi connectivity index (χ3v) is 5.54. The molecule has 0 saturated carbocycles. The van der Waals surface area contributed by atoms with E-state index in [0.29, 0.717) is 0 Å². The van der Waals surface area contributed by atoms with Crippen molar-refractivity contribution >= 4 is 0 Å². The molecule has 5 aromatic rings. The van der Waals surface area contributed by atoms with Crippen LogP contribution in [0, 0.1) is 0 Å². The lowest BCUT2D eigenvalue weighted by molar-refractivity contribution is 0.487. The quantitative estimate of drug-likeness (QED) is 0.300. The predicted molar refractivity (Wildman–Crippen MR) is 121 cm³/mol. The molecular formula is C28H18O2. The number of furan rings is 1. The Morgan fingerprint density at radius 3 is 1.80 bits per heavy atom. The van der Waals surface area contributed by atoms with Gasteiger partial charge in [0.2, 0.25) is 0 Å². The van der Waals surface area contributed by atoms with Gasteiger partial charge in [0.15, 0.2) is 0 Å². The van der Waals surface area contributed by atoms with Crippen LogP contribution in [0.4, 0.5) is 0 Å². The molecule has 6 rings (SSSR count). The lowest BCUT2D eigenvalue weighted by Gasteiger charge is -2.10. The summed E-state index contributed by atoms with van der Waals surface area (Å²) in [5.74, 6) is 3.44. The molecule has 0 amide bonds. The molecule has 0 fully saturated rings. The third kappa shape index (κ3) is 2.73. The van der Waals surface area contributed by atoms with Crippen LogP contribution >= 0.6 is 0 Å². The average Bonchev–Trinajstić information content (AvgIpc) is 3.26. The maximum atomic E-state index is 6.32. The zero-order valence-electron chi connectivity index (χ0n) is 16.2. The van der Waals surface area contributed by atoms with E-state index in [2.05, 4.69) is 54.6 Å². The smallest absolute Gasteiger partial charge is 0.135 e. The molecule has 0 N–H and O–H groups in total. The van der Waals surface area contributed by atoms with E-state index in [1.807, 2.05) is 54.6 Å². The summed E-state index contributed by atoms with van der Waals surface area (Å²) in [4.78, 5) is 0. The Labute approximate surface area is 175 Å². The van der Waals surface area contributed by atoms with Crippen LogP contribution in [-0.2, 0) is 0 Å². The molecule has 0 spiro atoms. The molecule has 2 heteroatoms. The van der Waals surface area contributed by atoms with Crippen LogP contribution in [0.3, 0.4) is 0 Å². The van der Waals surface area contributed by atoms with Gasteiger partial charge in [-0.25, -0.2) is 0 Å². The molecule has 4 aromatic carbocycles. The second-order valence-corrected chi connectivity index (χ2v) is 7.38. The van der Waals surface area contributed by atoms with Crippen molar-refractivity contribution in [1.82, 2.24) is 0 Å². The summed E-state index contributed by atoms with van der Waals surface area (Å²) in [6, 6.07) is 37.1. The number of ether oxygens (including phenoxy) is 1. The fourth-order valence-corrected chi connectivity index (χ4v) is 4.08. The van der Waals surface area contributed by atoms with E-state index < -0.39 is 0 Å². The molecule has 1 aliphatic heterocycles. The first kappa shape index (κ1) is 16.9. The second kappa shape index (κ2) is 6.78. The van der Waals surface area contributed by atoms with E-state index in [1.165, 1.54) is 5.56 Å². The molecule has 0 saturated heterocycles. The Morgan fingerprint density at radius 2 is 1.00 bits per heavy atom. The number of fused-ring (bicyclic) bond motifs is 5.